The average molecular weight is 384 g/mol. The van der Waals surface area contributed by atoms with E-state index in [1.54, 1.807) is 29.2 Å². The molecule has 138 valence electrons. The molecule has 27 heavy (non-hydrogen) atoms. The van der Waals surface area contributed by atoms with Gasteiger partial charge < -0.3 is 15.1 Å². The van der Waals surface area contributed by atoms with Gasteiger partial charge in [-0.05, 0) is 36.2 Å². The number of aliphatic hydroxyl groups excluding tert-OH is 1. The molecule has 0 spiro atoms. The zero-order chi connectivity index (χ0) is 19.0. The summed E-state index contributed by atoms with van der Waals surface area (Å²) < 4.78 is 0. The number of nitrogens with one attached hydrogen (secondary N) is 1. The summed E-state index contributed by atoms with van der Waals surface area (Å²) in [6.07, 6.45) is 0.465. The van der Waals surface area contributed by atoms with Crippen molar-refractivity contribution in [1.82, 2.24) is 15.1 Å². The maximum Gasteiger partial charge on any atom is 0.273 e. The summed E-state index contributed by atoms with van der Waals surface area (Å²) in [6, 6.07) is 13.8. The number of hydrogen-bond donors (Lipinski definition) is 3. The monoisotopic (exact) mass is 383 g/mol. The minimum atomic E-state index is -0.397. The first kappa shape index (κ1) is 17.6. The molecule has 3 N–H and O–H groups in total. The maximum atomic E-state index is 13.0. The number of phenolic OH excluding ortho intramolecular Hbond substituents is 1. The van der Waals surface area contributed by atoms with Crippen molar-refractivity contribution in [3.63, 3.8) is 0 Å². The van der Waals surface area contributed by atoms with Crippen molar-refractivity contribution >= 4 is 17.5 Å². The summed E-state index contributed by atoms with van der Waals surface area (Å²) in [5, 5.41) is 27.2. The number of aliphatic hydroxyl groups is 1. The molecule has 0 aliphatic carbocycles. The first-order valence-corrected chi connectivity index (χ1v) is 9.03. The lowest BCUT2D eigenvalue weighted by molar-refractivity contribution is 0.0732. The fraction of sp³-hybridized carbons (Fsp3) is 0.200. The van der Waals surface area contributed by atoms with Gasteiger partial charge in [0.2, 0.25) is 0 Å². The molecular weight excluding hydrogens is 366 g/mol. The molecule has 0 saturated heterocycles. The Labute approximate surface area is 161 Å². The van der Waals surface area contributed by atoms with Gasteiger partial charge in [-0.2, -0.15) is 5.10 Å². The van der Waals surface area contributed by atoms with E-state index in [-0.39, 0.29) is 18.3 Å². The number of carbonyl (C=O) groups is 1. The second-order valence-electron chi connectivity index (χ2n) is 6.41. The van der Waals surface area contributed by atoms with E-state index >= 15 is 0 Å². The normalized spacial score (nSPS) is 16.0. The number of phenols is 1. The lowest BCUT2D eigenvalue weighted by Gasteiger charge is -2.26. The van der Waals surface area contributed by atoms with Gasteiger partial charge in [-0.15, -0.1) is 0 Å². The molecule has 1 amide bonds. The van der Waals surface area contributed by atoms with E-state index in [0.29, 0.717) is 40.5 Å². The molecule has 6 nitrogen and oxygen atoms in total. The molecule has 1 aromatic heterocycles. The summed E-state index contributed by atoms with van der Waals surface area (Å²) in [6.45, 7) is 0.389. The highest BCUT2D eigenvalue weighted by Crippen LogP contribution is 2.44. The number of nitrogens with zero attached hydrogens (tertiary/aromatic N) is 2. The Morgan fingerprint density at radius 2 is 2.00 bits per heavy atom. The van der Waals surface area contributed by atoms with Crippen LogP contribution in [-0.4, -0.2) is 44.4 Å². The third-order valence-electron chi connectivity index (χ3n) is 4.74. The first-order chi connectivity index (χ1) is 13.1. The van der Waals surface area contributed by atoms with Gasteiger partial charge in [0.15, 0.2) is 0 Å². The molecule has 1 atom stereocenters. The predicted molar refractivity (Wildman–Crippen MR) is 102 cm³/mol. The Morgan fingerprint density at radius 3 is 2.74 bits per heavy atom. The van der Waals surface area contributed by atoms with E-state index in [1.807, 2.05) is 24.3 Å². The first-order valence-electron chi connectivity index (χ1n) is 8.65. The van der Waals surface area contributed by atoms with Crippen LogP contribution in [0.3, 0.4) is 0 Å². The van der Waals surface area contributed by atoms with Crippen LogP contribution in [0.25, 0.3) is 11.3 Å². The Hall–Kier alpha value is -2.83. The SMILES string of the molecule is O=C1c2[nH]nc(-c3ccccc3O)c2[C@@H](c2cccc(Cl)c2)N1CCCO. The summed E-state index contributed by atoms with van der Waals surface area (Å²) >= 11 is 6.19. The van der Waals surface area contributed by atoms with Gasteiger partial charge in [0, 0.05) is 29.3 Å². The molecular formula is C20H18ClN3O3. The fourth-order valence-corrected chi connectivity index (χ4v) is 3.77. The van der Waals surface area contributed by atoms with Crippen LogP contribution >= 0.6 is 11.6 Å². The van der Waals surface area contributed by atoms with Gasteiger partial charge in [-0.1, -0.05) is 35.9 Å². The number of rotatable bonds is 5. The molecule has 7 heteroatoms. The lowest BCUT2D eigenvalue weighted by atomic mass is 9.95. The number of aromatic hydroxyl groups is 1. The molecule has 1 aliphatic rings. The molecule has 3 aromatic rings. The summed E-state index contributed by atoms with van der Waals surface area (Å²) in [7, 11) is 0. The highest BCUT2D eigenvalue weighted by atomic mass is 35.5. The predicted octanol–water partition coefficient (Wildman–Crippen LogP) is 3.36. The molecule has 0 fully saturated rings. The van der Waals surface area contributed by atoms with Crippen molar-refractivity contribution < 1.29 is 15.0 Å². The van der Waals surface area contributed by atoms with Crippen LogP contribution in [0.2, 0.25) is 5.02 Å². The zero-order valence-corrected chi connectivity index (χ0v) is 15.1. The Morgan fingerprint density at radius 1 is 1.19 bits per heavy atom. The summed E-state index contributed by atoms with van der Waals surface area (Å²) in [5.74, 6) is -0.0875. The maximum absolute atomic E-state index is 13.0. The van der Waals surface area contributed by atoms with Gasteiger partial charge in [0.05, 0.1) is 6.04 Å². The quantitative estimate of drug-likeness (QED) is 0.630. The zero-order valence-electron chi connectivity index (χ0n) is 14.4. The molecule has 1 aliphatic heterocycles. The Balaban J connectivity index is 1.89. The fourth-order valence-electron chi connectivity index (χ4n) is 3.57. The van der Waals surface area contributed by atoms with Crippen molar-refractivity contribution in [3.05, 3.63) is 70.4 Å². The van der Waals surface area contributed by atoms with E-state index in [0.717, 1.165) is 5.56 Å². The van der Waals surface area contributed by atoms with Crippen molar-refractivity contribution in [2.45, 2.75) is 12.5 Å². The average Bonchev–Trinajstić information content (AvgIpc) is 3.20. The third-order valence-corrected chi connectivity index (χ3v) is 4.98. The van der Waals surface area contributed by atoms with Crippen LogP contribution in [-0.2, 0) is 0 Å². The molecule has 0 saturated carbocycles. The standard InChI is InChI=1S/C20H18ClN3O3/c21-13-6-3-5-12(11-13)19-16-17(14-7-1-2-8-15(14)26)22-23-18(16)20(27)24(19)9-4-10-25/h1-3,5-8,11,19,25-26H,4,9-10H2,(H,22,23)/t19-/m1/s1. The van der Waals surface area contributed by atoms with Crippen LogP contribution in [0.1, 0.15) is 34.1 Å². The molecule has 0 bridgehead atoms. The van der Waals surface area contributed by atoms with Gasteiger partial charge in [-0.25, -0.2) is 0 Å². The molecule has 2 aromatic carbocycles. The topological polar surface area (TPSA) is 89.5 Å². The number of hydrogen-bond acceptors (Lipinski definition) is 4. The highest BCUT2D eigenvalue weighted by molar-refractivity contribution is 6.30. The van der Waals surface area contributed by atoms with Crippen molar-refractivity contribution in [1.29, 1.82) is 0 Å². The van der Waals surface area contributed by atoms with Crippen LogP contribution in [0.4, 0.5) is 0 Å². The number of carbonyl (C=O) groups excluding carboxylic acids is 1. The number of halogens is 1. The van der Waals surface area contributed by atoms with Crippen molar-refractivity contribution in [2.75, 3.05) is 13.2 Å². The molecule has 0 radical (unpaired) electrons. The van der Waals surface area contributed by atoms with E-state index in [2.05, 4.69) is 10.2 Å². The van der Waals surface area contributed by atoms with Gasteiger partial charge in [0.25, 0.3) is 5.91 Å². The highest BCUT2D eigenvalue weighted by Gasteiger charge is 2.42. The van der Waals surface area contributed by atoms with E-state index < -0.39 is 6.04 Å². The van der Waals surface area contributed by atoms with E-state index in [9.17, 15) is 15.0 Å². The smallest absolute Gasteiger partial charge is 0.273 e. The number of fused-ring (bicyclic) bond motifs is 1. The number of para-hydroxylation sites is 1. The van der Waals surface area contributed by atoms with Crippen molar-refractivity contribution in [2.24, 2.45) is 0 Å². The lowest BCUT2D eigenvalue weighted by Crippen LogP contribution is -2.31. The van der Waals surface area contributed by atoms with Gasteiger partial charge in [0.1, 0.15) is 17.1 Å². The molecule has 2 heterocycles. The molecule has 4 rings (SSSR count). The van der Waals surface area contributed by atoms with Gasteiger partial charge >= 0.3 is 0 Å². The summed E-state index contributed by atoms with van der Waals surface area (Å²) in [5.41, 5.74) is 3.05. The van der Waals surface area contributed by atoms with Crippen LogP contribution in [0.15, 0.2) is 48.5 Å². The second kappa shape index (κ2) is 7.06. The van der Waals surface area contributed by atoms with Gasteiger partial charge in [-0.3, -0.25) is 9.89 Å². The second-order valence-corrected chi connectivity index (χ2v) is 6.85. The largest absolute Gasteiger partial charge is 0.507 e. The number of aromatic nitrogens is 2. The minimum Gasteiger partial charge on any atom is -0.507 e. The number of H-pyrrole nitrogens is 1. The number of amides is 1. The van der Waals surface area contributed by atoms with E-state index in [4.69, 9.17) is 11.6 Å². The Kier molecular flexibility index (Phi) is 4.59. The minimum absolute atomic E-state index is 0.00936. The van der Waals surface area contributed by atoms with Crippen LogP contribution in [0.5, 0.6) is 5.75 Å². The number of aromatic amines is 1. The van der Waals surface area contributed by atoms with Crippen LogP contribution < -0.4 is 0 Å². The Bertz CT molecular complexity index is 1000. The third kappa shape index (κ3) is 2.97. The molecule has 0 unspecified atom stereocenters. The van der Waals surface area contributed by atoms with E-state index in [1.165, 1.54) is 0 Å². The van der Waals surface area contributed by atoms with Crippen LogP contribution in [0, 0.1) is 0 Å². The number of benzene rings is 2. The summed E-state index contributed by atoms with van der Waals surface area (Å²) in [4.78, 5) is 14.7. The van der Waals surface area contributed by atoms with Crippen molar-refractivity contribution in [3.8, 4) is 17.0 Å².